The van der Waals surface area contributed by atoms with E-state index < -0.39 is 0 Å². The van der Waals surface area contributed by atoms with Gasteiger partial charge in [0.25, 0.3) is 0 Å². The minimum Gasteiger partial charge on any atom is -0.495 e. The zero-order chi connectivity index (χ0) is 14.0. The molecule has 1 aliphatic heterocycles. The maximum absolute atomic E-state index is 10.2. The lowest BCUT2D eigenvalue weighted by molar-refractivity contribution is -0.140. The molecule has 0 aromatic heterocycles. The largest absolute Gasteiger partial charge is 0.495 e. The molecule has 1 fully saturated rings. The Kier molecular flexibility index (Phi) is 9.11. The van der Waals surface area contributed by atoms with Gasteiger partial charge in [0.1, 0.15) is 5.75 Å². The van der Waals surface area contributed by atoms with Crippen LogP contribution in [0.3, 0.4) is 0 Å². The Morgan fingerprint density at radius 3 is 2.22 bits per heavy atom. The van der Waals surface area contributed by atoms with Crippen LogP contribution in [0.4, 0.5) is 0 Å². The molecule has 2 rings (SSSR count). The number of carbonyl (C=O) groups excluding carboxylic acids is 1. The van der Waals surface area contributed by atoms with Gasteiger partial charge in [-0.15, -0.1) is 0 Å². The third kappa shape index (κ3) is 6.50. The van der Waals surface area contributed by atoms with Crippen molar-refractivity contribution in [2.75, 3.05) is 7.11 Å². The Morgan fingerprint density at radius 2 is 1.94 bits per heavy atom. The molecule has 1 aliphatic rings. The first-order chi connectivity index (χ1) is 8.63. The van der Waals surface area contributed by atoms with E-state index in [0.717, 1.165) is 12.2 Å². The molecule has 1 heterocycles. The number of rotatable bonds is 1. The topological polar surface area (TPSA) is 35.5 Å². The standard InChI is InChI=1S/C7H7ClO.C5H8O2.C2H6/c1-9-7-5-3-2-4-6(7)8;1-4-2-3-5(6)7-4;1-2/h2-5H,1H3;4H,2-3H2,1H3;1-2H3. The van der Waals surface area contributed by atoms with Crippen molar-refractivity contribution in [3.63, 3.8) is 0 Å². The van der Waals surface area contributed by atoms with E-state index in [-0.39, 0.29) is 12.1 Å². The molecular formula is C14H21ClO3. The second-order valence-corrected chi connectivity index (χ2v) is 3.88. The van der Waals surface area contributed by atoms with E-state index in [9.17, 15) is 4.79 Å². The lowest BCUT2D eigenvalue weighted by Crippen LogP contribution is -1.98. The summed E-state index contributed by atoms with van der Waals surface area (Å²) in [6.07, 6.45) is 1.69. The van der Waals surface area contributed by atoms with Gasteiger partial charge in [0.2, 0.25) is 0 Å². The summed E-state index contributed by atoms with van der Waals surface area (Å²) in [6.45, 7) is 5.91. The fraction of sp³-hybridized carbons (Fsp3) is 0.500. The van der Waals surface area contributed by atoms with E-state index in [1.807, 2.05) is 39.0 Å². The molecule has 3 nitrogen and oxygen atoms in total. The van der Waals surface area contributed by atoms with Crippen LogP contribution in [-0.4, -0.2) is 19.2 Å². The van der Waals surface area contributed by atoms with Crippen molar-refractivity contribution in [3.05, 3.63) is 29.3 Å². The summed E-state index contributed by atoms with van der Waals surface area (Å²) < 4.78 is 9.64. The van der Waals surface area contributed by atoms with Gasteiger partial charge in [-0.1, -0.05) is 37.6 Å². The van der Waals surface area contributed by atoms with Gasteiger partial charge in [0.15, 0.2) is 0 Å². The summed E-state index contributed by atoms with van der Waals surface area (Å²) in [4.78, 5) is 10.2. The van der Waals surface area contributed by atoms with Gasteiger partial charge in [-0.05, 0) is 25.5 Å². The van der Waals surface area contributed by atoms with Gasteiger partial charge in [0.05, 0.1) is 18.2 Å². The summed E-state index contributed by atoms with van der Waals surface area (Å²) in [5, 5.41) is 0.653. The van der Waals surface area contributed by atoms with Gasteiger partial charge in [-0.2, -0.15) is 0 Å². The second kappa shape index (κ2) is 9.77. The van der Waals surface area contributed by atoms with Gasteiger partial charge in [-0.3, -0.25) is 4.79 Å². The Labute approximate surface area is 114 Å². The van der Waals surface area contributed by atoms with Crippen LogP contribution in [0.2, 0.25) is 5.02 Å². The van der Waals surface area contributed by atoms with E-state index in [1.165, 1.54) is 0 Å². The minimum absolute atomic E-state index is 0.0486. The quantitative estimate of drug-likeness (QED) is 0.723. The molecule has 18 heavy (non-hydrogen) atoms. The molecular weight excluding hydrogens is 252 g/mol. The molecule has 1 saturated heterocycles. The maximum atomic E-state index is 10.2. The van der Waals surface area contributed by atoms with Crippen molar-refractivity contribution in [1.82, 2.24) is 0 Å². The highest BCUT2D eigenvalue weighted by atomic mass is 35.5. The molecule has 1 unspecified atom stereocenters. The lowest BCUT2D eigenvalue weighted by atomic mass is 10.3. The fourth-order valence-electron chi connectivity index (χ4n) is 1.27. The van der Waals surface area contributed by atoms with Crippen LogP contribution < -0.4 is 4.74 Å². The van der Waals surface area contributed by atoms with Crippen LogP contribution in [-0.2, 0) is 9.53 Å². The first-order valence-electron chi connectivity index (χ1n) is 6.11. The summed E-state index contributed by atoms with van der Waals surface area (Å²) in [7, 11) is 1.60. The molecule has 1 aromatic carbocycles. The number of cyclic esters (lactones) is 1. The molecule has 0 amide bonds. The molecule has 0 aliphatic carbocycles. The molecule has 1 aromatic rings. The van der Waals surface area contributed by atoms with Crippen molar-refractivity contribution in [3.8, 4) is 5.75 Å². The Morgan fingerprint density at radius 1 is 1.33 bits per heavy atom. The number of benzene rings is 1. The maximum Gasteiger partial charge on any atom is 0.306 e. The molecule has 0 saturated carbocycles. The summed E-state index contributed by atoms with van der Waals surface area (Å²) in [6, 6.07) is 7.36. The molecule has 0 N–H and O–H groups in total. The van der Waals surface area contributed by atoms with Crippen molar-refractivity contribution in [2.45, 2.75) is 39.7 Å². The number of esters is 1. The average Bonchev–Trinajstić information content (AvgIpc) is 2.77. The molecule has 102 valence electrons. The second-order valence-electron chi connectivity index (χ2n) is 3.47. The van der Waals surface area contributed by atoms with Crippen LogP contribution in [0.5, 0.6) is 5.75 Å². The number of methoxy groups -OCH3 is 1. The fourth-order valence-corrected chi connectivity index (χ4v) is 1.49. The van der Waals surface area contributed by atoms with Gasteiger partial charge in [-0.25, -0.2) is 0 Å². The minimum atomic E-state index is -0.0486. The van der Waals surface area contributed by atoms with Crippen molar-refractivity contribution >= 4 is 17.6 Å². The zero-order valence-electron chi connectivity index (χ0n) is 11.4. The van der Waals surface area contributed by atoms with Gasteiger partial charge < -0.3 is 9.47 Å². The molecule has 1 atom stereocenters. The predicted molar refractivity (Wildman–Crippen MR) is 74.1 cm³/mol. The monoisotopic (exact) mass is 272 g/mol. The van der Waals surface area contributed by atoms with Gasteiger partial charge >= 0.3 is 5.97 Å². The SMILES string of the molecule is CC.CC1CCC(=O)O1.COc1ccccc1Cl. The molecule has 0 radical (unpaired) electrons. The number of ether oxygens (including phenoxy) is 2. The highest BCUT2D eigenvalue weighted by Crippen LogP contribution is 2.21. The Hall–Kier alpha value is -1.22. The number of para-hydroxylation sites is 1. The van der Waals surface area contributed by atoms with E-state index in [1.54, 1.807) is 13.2 Å². The predicted octanol–water partition coefficient (Wildman–Crippen LogP) is 4.09. The van der Waals surface area contributed by atoms with Crippen LogP contribution >= 0.6 is 11.6 Å². The summed E-state index contributed by atoms with van der Waals surface area (Å²) in [5.41, 5.74) is 0. The van der Waals surface area contributed by atoms with E-state index in [4.69, 9.17) is 21.1 Å². The third-order valence-electron chi connectivity index (χ3n) is 2.14. The van der Waals surface area contributed by atoms with Crippen molar-refractivity contribution < 1.29 is 14.3 Å². The van der Waals surface area contributed by atoms with E-state index >= 15 is 0 Å². The number of halogens is 1. The van der Waals surface area contributed by atoms with E-state index in [0.29, 0.717) is 11.4 Å². The normalized spacial score (nSPS) is 16.7. The van der Waals surface area contributed by atoms with Crippen LogP contribution in [0.15, 0.2) is 24.3 Å². The third-order valence-corrected chi connectivity index (χ3v) is 2.46. The molecule has 4 heteroatoms. The zero-order valence-corrected chi connectivity index (χ0v) is 12.2. The first-order valence-corrected chi connectivity index (χ1v) is 6.49. The van der Waals surface area contributed by atoms with Gasteiger partial charge in [0, 0.05) is 6.42 Å². The highest BCUT2D eigenvalue weighted by Gasteiger charge is 2.17. The number of carbonyl (C=O) groups is 1. The van der Waals surface area contributed by atoms with Crippen LogP contribution in [0, 0.1) is 0 Å². The Bertz CT molecular complexity index is 353. The van der Waals surface area contributed by atoms with E-state index in [2.05, 4.69) is 0 Å². The van der Waals surface area contributed by atoms with Crippen molar-refractivity contribution in [1.29, 1.82) is 0 Å². The Balaban J connectivity index is 0.000000289. The number of hydrogen-bond donors (Lipinski definition) is 0. The van der Waals surface area contributed by atoms with Crippen molar-refractivity contribution in [2.24, 2.45) is 0 Å². The summed E-state index contributed by atoms with van der Waals surface area (Å²) >= 11 is 5.70. The summed E-state index contributed by atoms with van der Waals surface area (Å²) in [5.74, 6) is 0.673. The number of hydrogen-bond acceptors (Lipinski definition) is 3. The molecule has 0 bridgehead atoms. The average molecular weight is 273 g/mol. The highest BCUT2D eigenvalue weighted by molar-refractivity contribution is 6.32. The first kappa shape index (κ1) is 16.8. The van der Waals surface area contributed by atoms with Crippen LogP contribution in [0.25, 0.3) is 0 Å². The smallest absolute Gasteiger partial charge is 0.306 e. The van der Waals surface area contributed by atoms with Crippen LogP contribution in [0.1, 0.15) is 33.6 Å². The molecule has 0 spiro atoms. The lowest BCUT2D eigenvalue weighted by Gasteiger charge is -1.98.